The van der Waals surface area contributed by atoms with Crippen LogP contribution in [0.2, 0.25) is 0 Å². The zero-order valence-corrected chi connectivity index (χ0v) is 9.21. The maximum atomic E-state index is 11.5. The van der Waals surface area contributed by atoms with Crippen LogP contribution in [0.5, 0.6) is 0 Å². The second-order valence-corrected chi connectivity index (χ2v) is 3.96. The van der Waals surface area contributed by atoms with Crippen molar-refractivity contribution in [2.24, 2.45) is 0 Å². The second-order valence-electron chi connectivity index (χ2n) is 3.96. The molecule has 0 aliphatic carbocycles. The van der Waals surface area contributed by atoms with Gasteiger partial charge in [-0.25, -0.2) is 4.79 Å². The predicted molar refractivity (Wildman–Crippen MR) is 67.1 cm³/mol. The third-order valence-electron chi connectivity index (χ3n) is 2.94. The van der Waals surface area contributed by atoms with Crippen LogP contribution in [0.25, 0.3) is 21.8 Å². The smallest absolute Gasteiger partial charge is 0.354 e. The average molecular weight is 240 g/mol. The molecule has 0 bridgehead atoms. The van der Waals surface area contributed by atoms with Gasteiger partial charge in [0.1, 0.15) is 10.5 Å². The summed E-state index contributed by atoms with van der Waals surface area (Å²) in [7, 11) is 0. The van der Waals surface area contributed by atoms with Crippen molar-refractivity contribution < 1.29 is 9.72 Å². The molecule has 0 fully saturated rings. The molecule has 1 aromatic heterocycles. The Labute approximate surface area is 101 Å². The summed E-state index contributed by atoms with van der Waals surface area (Å²) in [5.74, 6) is -1.09. The summed E-state index contributed by atoms with van der Waals surface area (Å²) >= 11 is 0. The lowest BCUT2D eigenvalue weighted by Crippen LogP contribution is -2.11. The van der Waals surface area contributed by atoms with Gasteiger partial charge in [0.2, 0.25) is 0 Å². The Kier molecular flexibility index (Phi) is 2.13. The third kappa shape index (κ3) is 1.37. The van der Waals surface area contributed by atoms with Gasteiger partial charge in [-0.2, -0.15) is 0 Å². The van der Waals surface area contributed by atoms with Gasteiger partial charge in [0.15, 0.2) is 0 Å². The highest BCUT2D eigenvalue weighted by Gasteiger charge is 2.22. The number of para-hydroxylation sites is 2. The molecule has 0 aliphatic heterocycles. The van der Waals surface area contributed by atoms with Crippen LogP contribution in [-0.4, -0.2) is 15.8 Å². The molecule has 0 saturated carbocycles. The fourth-order valence-electron chi connectivity index (χ4n) is 2.15. The van der Waals surface area contributed by atoms with E-state index in [1.807, 2.05) is 30.3 Å². The first-order valence-electron chi connectivity index (χ1n) is 5.36. The molecule has 2 aromatic carbocycles. The minimum absolute atomic E-state index is 0.0914. The summed E-state index contributed by atoms with van der Waals surface area (Å²) in [6, 6.07) is 12.5. The quantitative estimate of drug-likeness (QED) is 0.524. The second kappa shape index (κ2) is 3.66. The van der Waals surface area contributed by atoms with Crippen molar-refractivity contribution in [3.8, 4) is 0 Å². The fourth-order valence-corrected chi connectivity index (χ4v) is 2.15. The monoisotopic (exact) mass is 240 g/mol. The molecule has 0 atom stereocenters. The minimum Gasteiger partial charge on any atom is -0.354 e. The van der Waals surface area contributed by atoms with E-state index < -0.39 is 10.8 Å². The van der Waals surface area contributed by atoms with Gasteiger partial charge in [-0.3, -0.25) is 10.1 Å². The Hall–Kier alpha value is -2.69. The van der Waals surface area contributed by atoms with Crippen LogP contribution in [-0.2, 0) is 0 Å². The molecule has 1 N–H and O–H groups in total. The number of benzene rings is 2. The summed E-state index contributed by atoms with van der Waals surface area (Å²) in [4.78, 5) is 24.3. The van der Waals surface area contributed by atoms with Crippen LogP contribution in [0.15, 0.2) is 42.5 Å². The maximum absolute atomic E-state index is 11.5. The van der Waals surface area contributed by atoms with E-state index in [1.54, 1.807) is 6.07 Å². The lowest BCUT2D eigenvalue weighted by atomic mass is 10.1. The van der Waals surface area contributed by atoms with Gasteiger partial charge in [-0.1, -0.05) is 30.3 Å². The number of amides is 1. The maximum Gasteiger partial charge on any atom is 0.478 e. The van der Waals surface area contributed by atoms with Crippen molar-refractivity contribution in [3.63, 3.8) is 0 Å². The van der Waals surface area contributed by atoms with Crippen LogP contribution in [0.3, 0.4) is 0 Å². The molecule has 3 rings (SSSR count). The molecule has 5 nitrogen and oxygen atoms in total. The van der Waals surface area contributed by atoms with Gasteiger partial charge in [0.05, 0.1) is 5.52 Å². The Morgan fingerprint density at radius 2 is 1.78 bits per heavy atom. The molecule has 1 amide bonds. The largest absolute Gasteiger partial charge is 0.478 e. The fraction of sp³-hybridized carbons (Fsp3) is 0. The molecular weight excluding hydrogens is 232 g/mol. The van der Waals surface area contributed by atoms with Crippen molar-refractivity contribution in [3.05, 3.63) is 58.1 Å². The van der Waals surface area contributed by atoms with Crippen molar-refractivity contribution in [1.29, 1.82) is 0 Å². The molecule has 0 unspecified atom stereocenters. The molecule has 0 radical (unpaired) electrons. The number of nitro groups is 1. The van der Waals surface area contributed by atoms with Crippen molar-refractivity contribution in [1.82, 2.24) is 4.98 Å². The Bertz CT molecular complexity index is 789. The summed E-state index contributed by atoms with van der Waals surface area (Å²) in [5, 5.41) is 12.4. The van der Waals surface area contributed by atoms with Gasteiger partial charge in [-0.15, -0.1) is 0 Å². The van der Waals surface area contributed by atoms with Crippen LogP contribution in [0.4, 0.5) is 0 Å². The van der Waals surface area contributed by atoms with E-state index >= 15 is 0 Å². The Morgan fingerprint density at radius 1 is 1.06 bits per heavy atom. The van der Waals surface area contributed by atoms with Crippen molar-refractivity contribution in [2.75, 3.05) is 0 Å². The molecule has 0 aliphatic rings. The molecule has 0 saturated heterocycles. The van der Waals surface area contributed by atoms with E-state index in [1.165, 1.54) is 6.07 Å². The number of hydrogen-bond acceptors (Lipinski definition) is 3. The number of carbonyl (C=O) groups is 1. The molecule has 18 heavy (non-hydrogen) atoms. The third-order valence-corrected chi connectivity index (χ3v) is 2.94. The molecule has 1 heterocycles. The number of nitrogens with zero attached hydrogens (tertiary/aromatic N) is 1. The zero-order chi connectivity index (χ0) is 12.7. The van der Waals surface area contributed by atoms with E-state index in [4.69, 9.17) is 0 Å². The average Bonchev–Trinajstić information content (AvgIpc) is 2.76. The lowest BCUT2D eigenvalue weighted by molar-refractivity contribution is -0.375. The lowest BCUT2D eigenvalue weighted by Gasteiger charge is -1.95. The number of hydrogen-bond donors (Lipinski definition) is 1. The normalized spacial score (nSPS) is 10.9. The predicted octanol–water partition coefficient (Wildman–Crippen LogP) is 2.74. The van der Waals surface area contributed by atoms with Gasteiger partial charge in [0, 0.05) is 16.3 Å². The Morgan fingerprint density at radius 3 is 2.56 bits per heavy atom. The number of H-pyrrole nitrogens is 1. The Balaban J connectivity index is 2.41. The number of carbonyl (C=O) groups excluding carboxylic acids is 1. The highest BCUT2D eigenvalue weighted by Crippen LogP contribution is 2.27. The molecule has 5 heteroatoms. The highest BCUT2D eigenvalue weighted by molar-refractivity contribution is 6.13. The zero-order valence-electron chi connectivity index (χ0n) is 9.21. The van der Waals surface area contributed by atoms with E-state index in [-0.39, 0.29) is 5.56 Å². The van der Waals surface area contributed by atoms with Gasteiger partial charge in [0.25, 0.3) is 0 Å². The first-order valence-corrected chi connectivity index (χ1v) is 5.36. The van der Waals surface area contributed by atoms with Gasteiger partial charge >= 0.3 is 5.91 Å². The van der Waals surface area contributed by atoms with Gasteiger partial charge < -0.3 is 4.98 Å². The van der Waals surface area contributed by atoms with Gasteiger partial charge in [-0.05, 0) is 12.1 Å². The molecule has 0 spiro atoms. The topological polar surface area (TPSA) is 76.0 Å². The van der Waals surface area contributed by atoms with E-state index in [2.05, 4.69) is 4.98 Å². The van der Waals surface area contributed by atoms with E-state index in [0.29, 0.717) is 5.52 Å². The van der Waals surface area contributed by atoms with Crippen molar-refractivity contribution >= 4 is 27.7 Å². The standard InChI is InChI=1S/C13H8N2O3/c16-13(15(17)18)10-6-3-5-9-8-4-1-2-7-11(8)14-12(9)10/h1-7,14H. The summed E-state index contributed by atoms with van der Waals surface area (Å²) < 4.78 is 0. The van der Waals surface area contributed by atoms with Crippen LogP contribution >= 0.6 is 0 Å². The number of rotatable bonds is 1. The molecule has 88 valence electrons. The number of aromatic nitrogens is 1. The number of nitrogens with one attached hydrogen (secondary N) is 1. The number of fused-ring (bicyclic) bond motifs is 3. The van der Waals surface area contributed by atoms with Crippen molar-refractivity contribution in [2.45, 2.75) is 0 Å². The SMILES string of the molecule is O=C(c1cccc2c1[nH]c1ccccc12)[N+](=O)[O-]. The molecular formula is C13H8N2O3. The first-order chi connectivity index (χ1) is 8.68. The van der Waals surface area contributed by atoms with Crippen LogP contribution in [0, 0.1) is 10.1 Å². The highest BCUT2D eigenvalue weighted by atomic mass is 16.6. The summed E-state index contributed by atoms with van der Waals surface area (Å²) in [6.07, 6.45) is 0. The minimum atomic E-state index is -1.09. The summed E-state index contributed by atoms with van der Waals surface area (Å²) in [6.45, 7) is 0. The number of aromatic amines is 1. The molecule has 3 aromatic rings. The van der Waals surface area contributed by atoms with E-state index in [0.717, 1.165) is 16.3 Å². The van der Waals surface area contributed by atoms with Crippen LogP contribution in [0.1, 0.15) is 10.4 Å². The van der Waals surface area contributed by atoms with E-state index in [9.17, 15) is 14.9 Å². The van der Waals surface area contributed by atoms with Crippen LogP contribution < -0.4 is 0 Å². The first kappa shape index (κ1) is 10.5. The summed E-state index contributed by atoms with van der Waals surface area (Å²) in [5.41, 5.74) is 1.46.